The monoisotopic (exact) mass is 336 g/mol. The molecule has 0 aliphatic heterocycles. The van der Waals surface area contributed by atoms with E-state index in [-0.39, 0.29) is 23.8 Å². The van der Waals surface area contributed by atoms with Crippen LogP contribution in [0.4, 0.5) is 4.79 Å². The Hall–Kier alpha value is -2.31. The van der Waals surface area contributed by atoms with E-state index in [2.05, 4.69) is 10.3 Å². The first kappa shape index (κ1) is 18.0. The van der Waals surface area contributed by atoms with Crippen LogP contribution >= 0.6 is 0 Å². The molecule has 2 rings (SSSR count). The van der Waals surface area contributed by atoms with Crippen molar-refractivity contribution in [3.05, 3.63) is 17.8 Å². The van der Waals surface area contributed by atoms with Gasteiger partial charge in [-0.3, -0.25) is 4.79 Å². The van der Waals surface area contributed by atoms with E-state index in [9.17, 15) is 9.59 Å². The fraction of sp³-hybridized carbons (Fsp3) is 0.588. The maximum atomic E-state index is 11.8. The number of ketones is 1. The Morgan fingerprint density at radius 2 is 1.96 bits per heavy atom. The molecule has 0 bridgehead atoms. The lowest BCUT2D eigenvalue weighted by Crippen LogP contribution is -2.50. The molecule has 1 aliphatic rings. The Labute approximate surface area is 141 Å². The van der Waals surface area contributed by atoms with Gasteiger partial charge in [0.25, 0.3) is 0 Å². The van der Waals surface area contributed by atoms with Gasteiger partial charge in [-0.1, -0.05) is 0 Å². The molecule has 0 aromatic carbocycles. The molecule has 7 nitrogen and oxygen atoms in total. The molecular formula is C17H24N2O5. The van der Waals surface area contributed by atoms with Crippen LogP contribution in [-0.2, 0) is 4.74 Å². The lowest BCUT2D eigenvalue weighted by molar-refractivity contribution is 0.0353. The van der Waals surface area contributed by atoms with Crippen LogP contribution in [0.15, 0.2) is 12.3 Å². The van der Waals surface area contributed by atoms with Gasteiger partial charge in [-0.05, 0) is 33.8 Å². The number of hydrogen-bond donors (Lipinski definition) is 1. The number of nitrogens with zero attached hydrogens (tertiary/aromatic N) is 1. The molecule has 0 saturated heterocycles. The number of alkyl carbamates (subject to hydrolysis) is 1. The van der Waals surface area contributed by atoms with Crippen LogP contribution < -0.4 is 14.8 Å². The molecule has 7 heteroatoms. The van der Waals surface area contributed by atoms with E-state index in [1.54, 1.807) is 6.07 Å². The first-order valence-electron chi connectivity index (χ1n) is 7.89. The molecule has 1 fully saturated rings. The molecule has 0 radical (unpaired) electrons. The SMILES string of the molecule is COc1ccnc(OC2CC(NC(=O)OC(C)(C)C)C2)c1C(C)=O. The molecule has 1 aromatic rings. The highest BCUT2D eigenvalue weighted by molar-refractivity contribution is 5.99. The second kappa shape index (κ2) is 7.07. The average molecular weight is 336 g/mol. The number of hydrogen-bond acceptors (Lipinski definition) is 6. The molecule has 1 N–H and O–H groups in total. The second-order valence-electron chi connectivity index (χ2n) is 6.80. The predicted molar refractivity (Wildman–Crippen MR) is 87.6 cm³/mol. The highest BCUT2D eigenvalue weighted by atomic mass is 16.6. The molecular weight excluding hydrogens is 312 g/mol. The second-order valence-corrected chi connectivity index (χ2v) is 6.80. The van der Waals surface area contributed by atoms with E-state index in [4.69, 9.17) is 14.2 Å². The van der Waals surface area contributed by atoms with Crippen LogP contribution in [0.1, 0.15) is 50.9 Å². The normalized spacial score (nSPS) is 19.9. The molecule has 0 spiro atoms. The summed E-state index contributed by atoms with van der Waals surface area (Å²) in [6.45, 7) is 6.89. The summed E-state index contributed by atoms with van der Waals surface area (Å²) in [4.78, 5) is 27.6. The van der Waals surface area contributed by atoms with Gasteiger partial charge >= 0.3 is 6.09 Å². The van der Waals surface area contributed by atoms with Crippen molar-refractivity contribution in [1.29, 1.82) is 0 Å². The van der Waals surface area contributed by atoms with Crippen molar-refractivity contribution in [1.82, 2.24) is 10.3 Å². The van der Waals surface area contributed by atoms with Gasteiger partial charge in [0, 0.05) is 25.1 Å². The Morgan fingerprint density at radius 1 is 1.29 bits per heavy atom. The lowest BCUT2D eigenvalue weighted by atomic mass is 9.89. The minimum Gasteiger partial charge on any atom is -0.496 e. The molecule has 0 unspecified atom stereocenters. The van der Waals surface area contributed by atoms with Gasteiger partial charge < -0.3 is 19.5 Å². The number of pyridine rings is 1. The Bertz CT molecular complexity index is 618. The van der Waals surface area contributed by atoms with E-state index in [0.717, 1.165) is 0 Å². The van der Waals surface area contributed by atoms with Crippen LogP contribution in [-0.4, -0.2) is 41.7 Å². The smallest absolute Gasteiger partial charge is 0.407 e. The minimum atomic E-state index is -0.523. The van der Waals surface area contributed by atoms with Gasteiger partial charge in [0.2, 0.25) is 5.88 Å². The molecule has 0 atom stereocenters. The average Bonchev–Trinajstić information content (AvgIpc) is 2.42. The quantitative estimate of drug-likeness (QED) is 0.832. The van der Waals surface area contributed by atoms with E-state index in [0.29, 0.717) is 24.2 Å². The first-order valence-corrected chi connectivity index (χ1v) is 7.89. The van der Waals surface area contributed by atoms with Gasteiger partial charge in [0.15, 0.2) is 5.78 Å². The zero-order valence-corrected chi connectivity index (χ0v) is 14.7. The van der Waals surface area contributed by atoms with Crippen molar-refractivity contribution >= 4 is 11.9 Å². The largest absolute Gasteiger partial charge is 0.496 e. The van der Waals surface area contributed by atoms with Crippen LogP contribution in [0.2, 0.25) is 0 Å². The Balaban J connectivity index is 1.90. The minimum absolute atomic E-state index is 0.00349. The van der Waals surface area contributed by atoms with E-state index < -0.39 is 11.7 Å². The molecule has 1 saturated carbocycles. The third-order valence-corrected chi connectivity index (χ3v) is 3.54. The summed E-state index contributed by atoms with van der Waals surface area (Å²) in [5, 5.41) is 2.80. The van der Waals surface area contributed by atoms with Crippen molar-refractivity contribution in [2.75, 3.05) is 7.11 Å². The third kappa shape index (κ3) is 4.59. The summed E-state index contributed by atoms with van der Waals surface area (Å²) in [5.41, 5.74) is -0.187. The van der Waals surface area contributed by atoms with Crippen molar-refractivity contribution in [3.8, 4) is 11.6 Å². The molecule has 24 heavy (non-hydrogen) atoms. The van der Waals surface area contributed by atoms with E-state index in [1.807, 2.05) is 20.8 Å². The number of aromatic nitrogens is 1. The number of ether oxygens (including phenoxy) is 3. The number of carbonyl (C=O) groups excluding carboxylic acids is 2. The summed E-state index contributed by atoms with van der Waals surface area (Å²) in [6.07, 6.45) is 2.26. The van der Waals surface area contributed by atoms with Crippen molar-refractivity contribution in [2.45, 2.75) is 58.3 Å². The highest BCUT2D eigenvalue weighted by Gasteiger charge is 2.34. The van der Waals surface area contributed by atoms with Gasteiger partial charge in [-0.25, -0.2) is 9.78 Å². The van der Waals surface area contributed by atoms with Crippen molar-refractivity contribution in [3.63, 3.8) is 0 Å². The predicted octanol–water partition coefficient (Wildman–Crippen LogP) is 2.73. The van der Waals surface area contributed by atoms with E-state index >= 15 is 0 Å². The van der Waals surface area contributed by atoms with Gasteiger partial charge in [-0.15, -0.1) is 0 Å². The summed E-state index contributed by atoms with van der Waals surface area (Å²) in [7, 11) is 1.50. The number of amides is 1. The summed E-state index contributed by atoms with van der Waals surface area (Å²) >= 11 is 0. The van der Waals surface area contributed by atoms with Crippen molar-refractivity contribution in [2.24, 2.45) is 0 Å². The summed E-state index contributed by atoms with van der Waals surface area (Å²) < 4.78 is 16.2. The molecule has 132 valence electrons. The maximum absolute atomic E-state index is 11.8. The number of methoxy groups -OCH3 is 1. The number of Topliss-reactive ketones (excluding diaryl/α,β-unsaturated/α-hetero) is 1. The van der Waals surface area contributed by atoms with Crippen LogP contribution in [0.25, 0.3) is 0 Å². The maximum Gasteiger partial charge on any atom is 0.407 e. The Morgan fingerprint density at radius 3 is 2.50 bits per heavy atom. The zero-order valence-electron chi connectivity index (χ0n) is 14.7. The number of nitrogens with one attached hydrogen (secondary N) is 1. The lowest BCUT2D eigenvalue weighted by Gasteiger charge is -2.36. The van der Waals surface area contributed by atoms with Gasteiger partial charge in [0.1, 0.15) is 23.0 Å². The van der Waals surface area contributed by atoms with Gasteiger partial charge in [0.05, 0.1) is 7.11 Å². The standard InChI is InChI=1S/C17H24N2O5/c1-10(20)14-13(22-5)6-7-18-15(14)23-12-8-11(9-12)19-16(21)24-17(2,3)4/h6-7,11-12H,8-9H2,1-5H3,(H,19,21). The van der Waals surface area contributed by atoms with E-state index in [1.165, 1.54) is 20.2 Å². The van der Waals surface area contributed by atoms with Gasteiger partial charge in [-0.2, -0.15) is 0 Å². The highest BCUT2D eigenvalue weighted by Crippen LogP contribution is 2.31. The fourth-order valence-corrected chi connectivity index (χ4v) is 2.42. The number of carbonyl (C=O) groups is 2. The fourth-order valence-electron chi connectivity index (χ4n) is 2.42. The topological polar surface area (TPSA) is 86.8 Å². The third-order valence-electron chi connectivity index (χ3n) is 3.54. The number of rotatable bonds is 5. The molecule has 1 aliphatic carbocycles. The zero-order chi connectivity index (χ0) is 17.9. The molecule has 1 amide bonds. The van der Waals surface area contributed by atoms with Crippen molar-refractivity contribution < 1.29 is 23.8 Å². The molecule has 1 aromatic heterocycles. The van der Waals surface area contributed by atoms with Crippen LogP contribution in [0, 0.1) is 0 Å². The first-order chi connectivity index (χ1) is 11.2. The Kier molecular flexibility index (Phi) is 5.31. The van der Waals surface area contributed by atoms with Crippen LogP contribution in [0.3, 0.4) is 0 Å². The summed E-state index contributed by atoms with van der Waals surface area (Å²) in [6, 6.07) is 1.62. The molecule has 1 heterocycles. The van der Waals surface area contributed by atoms with Crippen LogP contribution in [0.5, 0.6) is 11.6 Å². The summed E-state index contributed by atoms with van der Waals surface area (Å²) in [5.74, 6) is 0.538.